The maximum atomic E-state index is 4.44. The van der Waals surface area contributed by atoms with Gasteiger partial charge in [0.2, 0.25) is 0 Å². The number of anilines is 1. The molecule has 0 bridgehead atoms. The van der Waals surface area contributed by atoms with E-state index in [1.807, 2.05) is 6.20 Å². The van der Waals surface area contributed by atoms with E-state index in [1.165, 1.54) is 36.1 Å². The van der Waals surface area contributed by atoms with Crippen LogP contribution >= 0.6 is 28.3 Å². The molecule has 2 aliphatic heterocycles. The van der Waals surface area contributed by atoms with Crippen LogP contribution in [0.15, 0.2) is 35.1 Å². The Balaban J connectivity index is 0.00000156. The molecule has 2 aliphatic rings. The van der Waals surface area contributed by atoms with Gasteiger partial charge in [0.05, 0.1) is 16.7 Å². The second-order valence-electron chi connectivity index (χ2n) is 6.27. The van der Waals surface area contributed by atoms with E-state index in [4.69, 9.17) is 0 Å². The standard InChI is InChI=1S/C17H21BrN4.ClH/c18-15-10-20-22(12-15)16-5-8-21(9-6-16)11-14-3-1-2-13-4-7-19-17(13)14;/h1-3,10,12,16,19H,4-9,11H2;1H. The minimum Gasteiger partial charge on any atom is -0.384 e. The van der Waals surface area contributed by atoms with Gasteiger partial charge in [-0.05, 0) is 46.3 Å². The molecule has 1 saturated heterocycles. The Bertz CT molecular complexity index is 664. The number of likely N-dealkylation sites (tertiary alicyclic amines) is 1. The Morgan fingerprint density at radius 1 is 1.26 bits per heavy atom. The lowest BCUT2D eigenvalue weighted by Crippen LogP contribution is -2.34. The fourth-order valence-corrected chi connectivity index (χ4v) is 3.94. The first-order chi connectivity index (χ1) is 10.8. The van der Waals surface area contributed by atoms with Gasteiger partial charge in [0.15, 0.2) is 0 Å². The van der Waals surface area contributed by atoms with Crippen LogP contribution in [0, 0.1) is 0 Å². The quantitative estimate of drug-likeness (QED) is 0.853. The van der Waals surface area contributed by atoms with Crippen LogP contribution in [0.1, 0.15) is 30.0 Å². The lowest BCUT2D eigenvalue weighted by atomic mass is 10.0. The predicted octanol–water partition coefficient (Wildman–Crippen LogP) is 3.87. The van der Waals surface area contributed by atoms with Gasteiger partial charge in [-0.3, -0.25) is 9.58 Å². The smallest absolute Gasteiger partial charge is 0.0632 e. The highest BCUT2D eigenvalue weighted by molar-refractivity contribution is 9.10. The number of para-hydroxylation sites is 1. The van der Waals surface area contributed by atoms with E-state index in [0.29, 0.717) is 6.04 Å². The van der Waals surface area contributed by atoms with Crippen molar-refractivity contribution < 1.29 is 0 Å². The summed E-state index contributed by atoms with van der Waals surface area (Å²) in [6, 6.07) is 7.27. The Morgan fingerprint density at radius 3 is 2.83 bits per heavy atom. The normalized spacial score (nSPS) is 18.3. The van der Waals surface area contributed by atoms with Crippen molar-refractivity contribution in [3.8, 4) is 0 Å². The molecule has 124 valence electrons. The molecule has 6 heteroatoms. The molecule has 0 unspecified atom stereocenters. The number of benzene rings is 1. The first-order valence-electron chi connectivity index (χ1n) is 8.06. The van der Waals surface area contributed by atoms with Crippen molar-refractivity contribution in [2.45, 2.75) is 31.8 Å². The molecule has 1 aromatic heterocycles. The van der Waals surface area contributed by atoms with Crippen LogP contribution in [-0.4, -0.2) is 34.3 Å². The van der Waals surface area contributed by atoms with Crippen molar-refractivity contribution in [2.75, 3.05) is 25.0 Å². The van der Waals surface area contributed by atoms with Crippen LogP contribution in [-0.2, 0) is 13.0 Å². The summed E-state index contributed by atoms with van der Waals surface area (Å²) in [5.74, 6) is 0. The zero-order chi connectivity index (χ0) is 14.9. The van der Waals surface area contributed by atoms with Crippen molar-refractivity contribution in [1.82, 2.24) is 14.7 Å². The van der Waals surface area contributed by atoms with Gasteiger partial charge in [-0.15, -0.1) is 12.4 Å². The van der Waals surface area contributed by atoms with E-state index in [-0.39, 0.29) is 12.4 Å². The summed E-state index contributed by atoms with van der Waals surface area (Å²) in [4.78, 5) is 2.57. The average molecular weight is 398 g/mol. The van der Waals surface area contributed by atoms with Crippen LogP contribution in [0.3, 0.4) is 0 Å². The minimum atomic E-state index is 0. The minimum absolute atomic E-state index is 0. The number of hydrogen-bond acceptors (Lipinski definition) is 3. The van der Waals surface area contributed by atoms with Crippen molar-refractivity contribution >= 4 is 34.0 Å². The van der Waals surface area contributed by atoms with Gasteiger partial charge >= 0.3 is 0 Å². The lowest BCUT2D eigenvalue weighted by molar-refractivity contribution is 0.173. The molecule has 3 heterocycles. The molecule has 1 N–H and O–H groups in total. The molecule has 0 atom stereocenters. The van der Waals surface area contributed by atoms with E-state index < -0.39 is 0 Å². The fourth-order valence-electron chi connectivity index (χ4n) is 3.64. The highest BCUT2D eigenvalue weighted by Crippen LogP contribution is 2.29. The predicted molar refractivity (Wildman–Crippen MR) is 99.4 cm³/mol. The van der Waals surface area contributed by atoms with Crippen molar-refractivity contribution in [3.63, 3.8) is 0 Å². The van der Waals surface area contributed by atoms with E-state index in [1.54, 1.807) is 0 Å². The van der Waals surface area contributed by atoms with Crippen LogP contribution in [0.4, 0.5) is 5.69 Å². The van der Waals surface area contributed by atoms with E-state index in [9.17, 15) is 0 Å². The van der Waals surface area contributed by atoms with Crippen molar-refractivity contribution in [2.24, 2.45) is 0 Å². The molecule has 0 aliphatic carbocycles. The summed E-state index contributed by atoms with van der Waals surface area (Å²) < 4.78 is 3.18. The number of rotatable bonds is 3. The molecule has 1 aromatic carbocycles. The summed E-state index contributed by atoms with van der Waals surface area (Å²) in [7, 11) is 0. The fraction of sp³-hybridized carbons (Fsp3) is 0.471. The molecule has 1 fully saturated rings. The van der Waals surface area contributed by atoms with Gasteiger partial charge in [0.25, 0.3) is 0 Å². The van der Waals surface area contributed by atoms with Crippen LogP contribution in [0.2, 0.25) is 0 Å². The van der Waals surface area contributed by atoms with Crippen molar-refractivity contribution in [1.29, 1.82) is 0 Å². The van der Waals surface area contributed by atoms with Crippen LogP contribution < -0.4 is 5.32 Å². The van der Waals surface area contributed by atoms with Gasteiger partial charge in [-0.25, -0.2) is 0 Å². The summed E-state index contributed by atoms with van der Waals surface area (Å²) >= 11 is 3.48. The highest BCUT2D eigenvalue weighted by atomic mass is 79.9. The Labute approximate surface area is 151 Å². The molecular weight excluding hydrogens is 376 g/mol. The third-order valence-corrected chi connectivity index (χ3v) is 5.24. The SMILES string of the molecule is Brc1cnn(C2CCN(Cc3cccc4c3NCC4)CC2)c1.Cl. The third-order valence-electron chi connectivity index (χ3n) is 4.83. The molecule has 4 rings (SSSR count). The molecule has 0 radical (unpaired) electrons. The van der Waals surface area contributed by atoms with Gasteiger partial charge in [0.1, 0.15) is 0 Å². The second-order valence-corrected chi connectivity index (χ2v) is 7.19. The van der Waals surface area contributed by atoms with Gasteiger partial charge in [-0.2, -0.15) is 5.10 Å². The van der Waals surface area contributed by atoms with Crippen LogP contribution in [0.5, 0.6) is 0 Å². The Morgan fingerprint density at radius 2 is 2.09 bits per heavy atom. The first kappa shape index (κ1) is 16.8. The highest BCUT2D eigenvalue weighted by Gasteiger charge is 2.22. The maximum absolute atomic E-state index is 4.44. The van der Waals surface area contributed by atoms with Crippen molar-refractivity contribution in [3.05, 3.63) is 46.2 Å². The molecule has 23 heavy (non-hydrogen) atoms. The zero-order valence-electron chi connectivity index (χ0n) is 13.0. The number of aromatic nitrogens is 2. The molecule has 2 aromatic rings. The average Bonchev–Trinajstić information content (AvgIpc) is 3.17. The van der Waals surface area contributed by atoms with E-state index in [0.717, 1.165) is 30.7 Å². The van der Waals surface area contributed by atoms with Crippen LogP contribution in [0.25, 0.3) is 0 Å². The Hall–Kier alpha value is -1.04. The Kier molecular flexibility index (Phi) is 5.29. The summed E-state index contributed by atoms with van der Waals surface area (Å²) in [6.07, 6.45) is 7.49. The maximum Gasteiger partial charge on any atom is 0.0632 e. The van der Waals surface area contributed by atoms with Gasteiger partial charge < -0.3 is 5.32 Å². The number of nitrogens with one attached hydrogen (secondary N) is 1. The number of piperidine rings is 1. The zero-order valence-corrected chi connectivity index (χ0v) is 15.4. The third kappa shape index (κ3) is 3.57. The summed E-state index contributed by atoms with van der Waals surface area (Å²) in [5.41, 5.74) is 4.32. The molecule has 4 nitrogen and oxygen atoms in total. The van der Waals surface area contributed by atoms with E-state index in [2.05, 4.69) is 60.3 Å². The number of hydrogen-bond donors (Lipinski definition) is 1. The van der Waals surface area contributed by atoms with Gasteiger partial charge in [-0.1, -0.05) is 18.2 Å². The number of fused-ring (bicyclic) bond motifs is 1. The van der Waals surface area contributed by atoms with E-state index >= 15 is 0 Å². The lowest BCUT2D eigenvalue weighted by Gasteiger charge is -2.32. The monoisotopic (exact) mass is 396 g/mol. The summed E-state index contributed by atoms with van der Waals surface area (Å²) in [5, 5.41) is 7.99. The second kappa shape index (κ2) is 7.24. The molecule has 0 saturated carbocycles. The molecule has 0 amide bonds. The molecular formula is C17H22BrClN4. The first-order valence-corrected chi connectivity index (χ1v) is 8.85. The number of halogens is 2. The number of nitrogens with zero attached hydrogens (tertiary/aromatic N) is 3. The largest absolute Gasteiger partial charge is 0.384 e. The summed E-state index contributed by atoms with van der Waals surface area (Å²) in [6.45, 7) is 4.44. The van der Waals surface area contributed by atoms with Gasteiger partial charge in [0, 0.05) is 38.1 Å². The topological polar surface area (TPSA) is 33.1 Å². The molecule has 0 spiro atoms.